The van der Waals surface area contributed by atoms with E-state index in [2.05, 4.69) is 15.0 Å². The van der Waals surface area contributed by atoms with E-state index >= 15 is 0 Å². The largest absolute Gasteiger partial charge is 0.320 e. The highest BCUT2D eigenvalue weighted by Crippen LogP contribution is 2.36. The Morgan fingerprint density at radius 3 is 2.64 bits per heavy atom. The van der Waals surface area contributed by atoms with Gasteiger partial charge in [-0.25, -0.2) is 23.4 Å². The van der Waals surface area contributed by atoms with Gasteiger partial charge in [0.05, 0.1) is 23.2 Å². The molecule has 3 aromatic rings. The minimum Gasteiger partial charge on any atom is -0.308 e. The van der Waals surface area contributed by atoms with E-state index in [0.29, 0.717) is 11.2 Å². The molecule has 28 heavy (non-hydrogen) atoms. The number of nitrogens with zero attached hydrogens (tertiary/aromatic N) is 5. The van der Waals surface area contributed by atoms with Crippen molar-refractivity contribution in [2.75, 3.05) is 0 Å². The van der Waals surface area contributed by atoms with Gasteiger partial charge in [-0.2, -0.15) is 0 Å². The molecule has 2 aromatic heterocycles. The lowest BCUT2D eigenvalue weighted by Gasteiger charge is -2.18. The number of halogens is 1. The predicted molar refractivity (Wildman–Crippen MR) is 101 cm³/mol. The highest BCUT2D eigenvalue weighted by molar-refractivity contribution is 7.91. The summed E-state index contributed by atoms with van der Waals surface area (Å²) in [7, 11) is -4.15. The summed E-state index contributed by atoms with van der Waals surface area (Å²) in [6, 6.07) is 7.14. The van der Waals surface area contributed by atoms with Crippen molar-refractivity contribution in [2.24, 2.45) is 5.92 Å². The summed E-state index contributed by atoms with van der Waals surface area (Å²) in [5.41, 5.74) is 0.905. The van der Waals surface area contributed by atoms with Crippen molar-refractivity contribution < 1.29 is 13.3 Å². The predicted octanol–water partition coefficient (Wildman–Crippen LogP) is 2.67. The topological polar surface area (TPSA) is 121 Å². The number of fused-ring (bicyclic) bond motifs is 1. The quantitative estimate of drug-likeness (QED) is 0.269. The number of aromatic nitrogens is 4. The van der Waals surface area contributed by atoms with E-state index in [1.807, 2.05) is 0 Å². The Labute approximate surface area is 164 Å². The molecule has 0 saturated heterocycles. The lowest BCUT2D eigenvalue weighted by Crippen LogP contribution is -2.36. The van der Waals surface area contributed by atoms with Crippen LogP contribution in [0.4, 0.5) is 0 Å². The molecule has 1 aliphatic carbocycles. The van der Waals surface area contributed by atoms with Gasteiger partial charge in [0.25, 0.3) is 0 Å². The van der Waals surface area contributed by atoms with Crippen LogP contribution in [0.3, 0.4) is 0 Å². The van der Waals surface area contributed by atoms with E-state index in [1.165, 1.54) is 36.9 Å². The molecule has 4 rings (SSSR count). The summed E-state index contributed by atoms with van der Waals surface area (Å²) in [6.45, 7) is 0. The van der Waals surface area contributed by atoms with Crippen LogP contribution in [0.5, 0.6) is 0 Å². The van der Waals surface area contributed by atoms with Gasteiger partial charge in [0.1, 0.15) is 11.8 Å². The van der Waals surface area contributed by atoms with Gasteiger partial charge in [-0.3, -0.25) is 10.1 Å². The van der Waals surface area contributed by atoms with Gasteiger partial charge in [-0.05, 0) is 18.6 Å². The molecule has 144 valence electrons. The van der Waals surface area contributed by atoms with Crippen LogP contribution in [0.15, 0.2) is 60.0 Å². The molecular formula is C17H14ClN5O4S. The standard InChI is InChI=1S/C17H14ClN5O4S/c18-15-14-16(20-9-19-15)22(10-21-14)12-7-6-11(8-12)17(23(24)25)28(26,27)13-4-2-1-3-5-13/h1-7,9-12,17H,8H2/t11-,12+,17?/m1/s1. The smallest absolute Gasteiger partial charge is 0.308 e. The maximum Gasteiger partial charge on any atom is 0.320 e. The van der Waals surface area contributed by atoms with Crippen LogP contribution in [0.1, 0.15) is 12.5 Å². The van der Waals surface area contributed by atoms with Gasteiger partial charge in [-0.1, -0.05) is 42.0 Å². The third-order valence-corrected chi connectivity index (χ3v) is 7.09. The van der Waals surface area contributed by atoms with E-state index in [4.69, 9.17) is 11.6 Å². The summed E-state index contributed by atoms with van der Waals surface area (Å²) >= 11 is 6.01. The van der Waals surface area contributed by atoms with Crippen molar-refractivity contribution in [3.63, 3.8) is 0 Å². The number of rotatable bonds is 5. The Hall–Kier alpha value is -2.85. The summed E-state index contributed by atoms with van der Waals surface area (Å²) < 4.78 is 27.5. The number of hydrogen-bond donors (Lipinski definition) is 0. The fourth-order valence-electron chi connectivity index (χ4n) is 3.44. The summed E-state index contributed by atoms with van der Waals surface area (Å²) in [6.07, 6.45) is 6.37. The second kappa shape index (κ2) is 6.95. The lowest BCUT2D eigenvalue weighted by molar-refractivity contribution is -0.504. The molecule has 0 spiro atoms. The van der Waals surface area contributed by atoms with E-state index in [1.54, 1.807) is 22.8 Å². The second-order valence-corrected chi connectivity index (χ2v) is 8.78. The Morgan fingerprint density at radius 2 is 1.93 bits per heavy atom. The Bertz CT molecular complexity index is 1180. The van der Waals surface area contributed by atoms with Gasteiger partial charge < -0.3 is 4.57 Å². The first kappa shape index (κ1) is 18.5. The molecule has 0 saturated carbocycles. The maximum absolute atomic E-state index is 12.9. The highest BCUT2D eigenvalue weighted by Gasteiger charge is 2.46. The lowest BCUT2D eigenvalue weighted by atomic mass is 10.1. The molecule has 0 bridgehead atoms. The van der Waals surface area contributed by atoms with Crippen LogP contribution in [0.2, 0.25) is 5.15 Å². The molecule has 0 amide bonds. The summed E-state index contributed by atoms with van der Waals surface area (Å²) in [5.74, 6) is -0.792. The molecule has 1 aliphatic rings. The Kier molecular flexibility index (Phi) is 4.60. The monoisotopic (exact) mass is 419 g/mol. The summed E-state index contributed by atoms with van der Waals surface area (Å²) in [5, 5.41) is 10.1. The Balaban J connectivity index is 1.66. The van der Waals surface area contributed by atoms with Crippen molar-refractivity contribution in [3.05, 3.63) is 70.4 Å². The van der Waals surface area contributed by atoms with Crippen LogP contribution in [-0.2, 0) is 9.84 Å². The minimum atomic E-state index is -4.15. The zero-order valence-electron chi connectivity index (χ0n) is 14.3. The fraction of sp³-hybridized carbons (Fsp3) is 0.235. The van der Waals surface area contributed by atoms with Crippen LogP contribution in [0, 0.1) is 16.0 Å². The van der Waals surface area contributed by atoms with E-state index in [-0.39, 0.29) is 22.5 Å². The molecule has 11 heteroatoms. The number of hydrogen-bond acceptors (Lipinski definition) is 7. The number of allylic oxidation sites excluding steroid dienone is 1. The number of sulfone groups is 1. The van der Waals surface area contributed by atoms with E-state index < -0.39 is 26.1 Å². The molecule has 9 nitrogen and oxygen atoms in total. The molecule has 3 atom stereocenters. The first-order chi connectivity index (χ1) is 13.4. The van der Waals surface area contributed by atoms with Gasteiger partial charge in [0.2, 0.25) is 9.84 Å². The van der Waals surface area contributed by atoms with Crippen molar-refractivity contribution in [1.29, 1.82) is 0 Å². The molecule has 2 heterocycles. The fourth-order valence-corrected chi connectivity index (χ4v) is 5.32. The molecule has 0 N–H and O–H groups in total. The SMILES string of the molecule is O=[N+]([O-])C([C@@H]1C=C[C@H](n2cnc3c(Cl)ncnc32)C1)S(=O)(=O)c1ccccc1. The van der Waals surface area contributed by atoms with Gasteiger partial charge >= 0.3 is 5.37 Å². The zero-order valence-corrected chi connectivity index (χ0v) is 15.9. The highest BCUT2D eigenvalue weighted by atomic mass is 35.5. The minimum absolute atomic E-state index is 0.0684. The Morgan fingerprint density at radius 1 is 1.18 bits per heavy atom. The van der Waals surface area contributed by atoms with Crippen molar-refractivity contribution in [2.45, 2.75) is 22.7 Å². The molecule has 0 aliphatic heterocycles. The normalized spacial score (nSPS) is 20.5. The van der Waals surface area contributed by atoms with Crippen LogP contribution >= 0.6 is 11.6 Å². The molecule has 1 unspecified atom stereocenters. The van der Waals surface area contributed by atoms with Crippen LogP contribution < -0.4 is 0 Å². The average molecular weight is 420 g/mol. The third-order valence-electron chi connectivity index (χ3n) is 4.73. The van der Waals surface area contributed by atoms with E-state index in [0.717, 1.165) is 0 Å². The van der Waals surface area contributed by atoms with E-state index in [9.17, 15) is 18.5 Å². The molecule has 0 radical (unpaired) electrons. The average Bonchev–Trinajstić information content (AvgIpc) is 3.30. The van der Waals surface area contributed by atoms with Crippen LogP contribution in [0.25, 0.3) is 11.2 Å². The molecule has 0 fully saturated rings. The maximum atomic E-state index is 12.9. The van der Waals surface area contributed by atoms with Gasteiger partial charge in [0.15, 0.2) is 10.8 Å². The number of nitro groups is 1. The van der Waals surface area contributed by atoms with Gasteiger partial charge in [0, 0.05) is 4.92 Å². The first-order valence-electron chi connectivity index (χ1n) is 8.33. The van der Waals surface area contributed by atoms with Crippen molar-refractivity contribution in [3.8, 4) is 0 Å². The van der Waals surface area contributed by atoms with Gasteiger partial charge in [-0.15, -0.1) is 0 Å². The third kappa shape index (κ3) is 3.04. The molecule has 1 aromatic carbocycles. The van der Waals surface area contributed by atoms with Crippen molar-refractivity contribution in [1.82, 2.24) is 19.5 Å². The first-order valence-corrected chi connectivity index (χ1v) is 10.3. The van der Waals surface area contributed by atoms with Crippen LogP contribution in [-0.4, -0.2) is 38.2 Å². The molecular weight excluding hydrogens is 406 g/mol. The second-order valence-electron chi connectivity index (χ2n) is 6.37. The van der Waals surface area contributed by atoms with Crippen molar-refractivity contribution >= 4 is 32.6 Å². The number of benzene rings is 1. The summed E-state index contributed by atoms with van der Waals surface area (Å²) in [4.78, 5) is 23.1. The number of imidazole rings is 1. The zero-order chi connectivity index (χ0) is 19.9.